The summed E-state index contributed by atoms with van der Waals surface area (Å²) in [6.45, 7) is -0.0264. The van der Waals surface area contributed by atoms with E-state index in [-0.39, 0.29) is 22.0 Å². The predicted octanol–water partition coefficient (Wildman–Crippen LogP) is 2.68. The molecule has 2 unspecified atom stereocenters. The molecule has 6 nitrogen and oxygen atoms in total. The summed E-state index contributed by atoms with van der Waals surface area (Å²) in [5, 5.41) is 10.8. The molecule has 2 atom stereocenters. The number of nitrogens with zero attached hydrogens (tertiary/aromatic N) is 1. The van der Waals surface area contributed by atoms with Crippen LogP contribution in [0.1, 0.15) is 11.6 Å². The van der Waals surface area contributed by atoms with E-state index in [1.165, 1.54) is 47.2 Å². The van der Waals surface area contributed by atoms with Crippen LogP contribution in [0.5, 0.6) is 5.75 Å². The summed E-state index contributed by atoms with van der Waals surface area (Å²) >= 11 is 6.03. The van der Waals surface area contributed by atoms with Gasteiger partial charge in [-0.3, -0.25) is 4.79 Å². The van der Waals surface area contributed by atoms with Crippen LogP contribution in [0.2, 0.25) is 5.02 Å². The van der Waals surface area contributed by atoms with Crippen LogP contribution in [0.3, 0.4) is 0 Å². The molecule has 0 aliphatic carbocycles. The molecule has 8 heteroatoms. The fourth-order valence-electron chi connectivity index (χ4n) is 3.29. The summed E-state index contributed by atoms with van der Waals surface area (Å²) in [6.07, 6.45) is 0.379. The minimum atomic E-state index is -3.76. The highest BCUT2D eigenvalue weighted by molar-refractivity contribution is 7.91. The fourth-order valence-corrected chi connectivity index (χ4v) is 4.78. The number of ether oxygens (including phenoxy) is 1. The van der Waals surface area contributed by atoms with Crippen LogP contribution >= 0.6 is 11.6 Å². The Balaban J connectivity index is 1.89. The molecule has 28 heavy (non-hydrogen) atoms. The number of aliphatic hydroxyl groups excluding tert-OH is 1. The molecule has 3 aromatic rings. The SMILES string of the molecule is O=c1ccc(Cl)cn1C1c2cc(S(=O)(=O)c3ccccc3)ccc2OCC1O. The maximum atomic E-state index is 13.0. The smallest absolute Gasteiger partial charge is 0.251 e. The number of fused-ring (bicyclic) bond motifs is 1. The van der Waals surface area contributed by atoms with Gasteiger partial charge in [0.2, 0.25) is 9.84 Å². The van der Waals surface area contributed by atoms with Crippen molar-refractivity contribution in [3.05, 3.63) is 87.8 Å². The Labute approximate surface area is 166 Å². The van der Waals surface area contributed by atoms with Gasteiger partial charge in [0.1, 0.15) is 18.5 Å². The largest absolute Gasteiger partial charge is 0.490 e. The Hall–Kier alpha value is -2.61. The van der Waals surface area contributed by atoms with Crippen molar-refractivity contribution >= 4 is 21.4 Å². The first kappa shape index (κ1) is 18.7. The molecule has 0 amide bonds. The Bertz CT molecular complexity index is 1190. The number of benzene rings is 2. The van der Waals surface area contributed by atoms with Crippen LogP contribution in [0, 0.1) is 0 Å². The zero-order valence-corrected chi connectivity index (χ0v) is 16.1. The standard InChI is InChI=1S/C20H16ClNO5S/c21-13-6-9-19(24)22(11-13)20-16-10-15(7-8-18(16)27-12-17(20)23)28(25,26)14-4-2-1-3-5-14/h1-11,17,20,23H,12H2. The molecule has 0 saturated heterocycles. The van der Waals surface area contributed by atoms with Crippen molar-refractivity contribution in [2.45, 2.75) is 21.9 Å². The van der Waals surface area contributed by atoms with Crippen molar-refractivity contribution in [3.8, 4) is 5.75 Å². The van der Waals surface area contributed by atoms with Crippen molar-refractivity contribution in [2.24, 2.45) is 0 Å². The quantitative estimate of drug-likeness (QED) is 0.708. The third-order valence-electron chi connectivity index (χ3n) is 4.64. The third kappa shape index (κ3) is 3.22. The average molecular weight is 418 g/mol. The lowest BCUT2D eigenvalue weighted by molar-refractivity contribution is 0.0556. The minimum absolute atomic E-state index is 0.0264. The fraction of sp³-hybridized carbons (Fsp3) is 0.150. The summed E-state index contributed by atoms with van der Waals surface area (Å²) < 4.78 is 32.8. The predicted molar refractivity (Wildman–Crippen MR) is 104 cm³/mol. The lowest BCUT2D eigenvalue weighted by atomic mass is 9.98. The molecule has 1 aliphatic rings. The van der Waals surface area contributed by atoms with Gasteiger partial charge in [0.05, 0.1) is 20.9 Å². The number of hydrogen-bond donors (Lipinski definition) is 1. The van der Waals surface area contributed by atoms with E-state index in [1.807, 2.05) is 0 Å². The first-order valence-electron chi connectivity index (χ1n) is 8.50. The first-order chi connectivity index (χ1) is 13.4. The molecule has 1 N–H and O–H groups in total. The molecule has 2 aromatic carbocycles. The van der Waals surface area contributed by atoms with Gasteiger partial charge in [-0.2, -0.15) is 0 Å². The molecule has 0 spiro atoms. The number of rotatable bonds is 3. The molecule has 0 radical (unpaired) electrons. The molecule has 0 bridgehead atoms. The Morgan fingerprint density at radius 3 is 2.54 bits per heavy atom. The number of hydrogen-bond acceptors (Lipinski definition) is 5. The average Bonchev–Trinajstić information content (AvgIpc) is 2.70. The van der Waals surface area contributed by atoms with Gasteiger partial charge in [-0.15, -0.1) is 0 Å². The highest BCUT2D eigenvalue weighted by atomic mass is 35.5. The second-order valence-electron chi connectivity index (χ2n) is 6.43. The van der Waals surface area contributed by atoms with E-state index >= 15 is 0 Å². The monoisotopic (exact) mass is 417 g/mol. The van der Waals surface area contributed by atoms with Crippen LogP contribution in [-0.2, 0) is 9.84 Å². The maximum absolute atomic E-state index is 13.0. The van der Waals surface area contributed by atoms with Gasteiger partial charge in [-0.05, 0) is 36.4 Å². The number of aromatic nitrogens is 1. The molecule has 1 aliphatic heterocycles. The van der Waals surface area contributed by atoms with E-state index in [2.05, 4.69) is 0 Å². The topological polar surface area (TPSA) is 85.6 Å². The summed E-state index contributed by atoms with van der Waals surface area (Å²) in [6, 6.07) is 14.4. The van der Waals surface area contributed by atoms with E-state index in [4.69, 9.17) is 16.3 Å². The molecule has 4 rings (SSSR count). The summed E-state index contributed by atoms with van der Waals surface area (Å²) in [7, 11) is -3.76. The molecule has 0 saturated carbocycles. The molecule has 144 valence electrons. The van der Waals surface area contributed by atoms with Crippen molar-refractivity contribution in [3.63, 3.8) is 0 Å². The van der Waals surface area contributed by atoms with Crippen molar-refractivity contribution in [2.75, 3.05) is 6.61 Å². The van der Waals surface area contributed by atoms with Crippen LogP contribution in [0.15, 0.2) is 81.4 Å². The van der Waals surface area contributed by atoms with Gasteiger partial charge in [-0.25, -0.2) is 8.42 Å². The minimum Gasteiger partial charge on any atom is -0.490 e. The van der Waals surface area contributed by atoms with E-state index in [9.17, 15) is 18.3 Å². The van der Waals surface area contributed by atoms with E-state index in [0.29, 0.717) is 16.3 Å². The third-order valence-corrected chi connectivity index (χ3v) is 6.63. The molecular weight excluding hydrogens is 402 g/mol. The molecule has 0 fully saturated rings. The Kier molecular flexibility index (Phi) is 4.74. The van der Waals surface area contributed by atoms with Crippen LogP contribution in [-0.4, -0.2) is 30.8 Å². The normalized spacial score (nSPS) is 18.9. The van der Waals surface area contributed by atoms with Gasteiger partial charge in [-0.1, -0.05) is 29.8 Å². The number of sulfone groups is 1. The lowest BCUT2D eigenvalue weighted by Crippen LogP contribution is -2.39. The summed E-state index contributed by atoms with van der Waals surface area (Å²) in [5.74, 6) is 0.411. The number of halogens is 1. The van der Waals surface area contributed by atoms with Gasteiger partial charge < -0.3 is 14.4 Å². The number of aliphatic hydroxyl groups is 1. The van der Waals surface area contributed by atoms with Gasteiger partial charge in [0.15, 0.2) is 0 Å². The Morgan fingerprint density at radius 1 is 1.04 bits per heavy atom. The zero-order valence-electron chi connectivity index (χ0n) is 14.5. The molecule has 2 heterocycles. The molecule has 1 aromatic heterocycles. The van der Waals surface area contributed by atoms with Gasteiger partial charge in [0, 0.05) is 17.8 Å². The molecular formula is C20H16ClNO5S. The van der Waals surface area contributed by atoms with Gasteiger partial charge in [0.25, 0.3) is 5.56 Å². The van der Waals surface area contributed by atoms with Crippen molar-refractivity contribution in [1.82, 2.24) is 4.57 Å². The van der Waals surface area contributed by atoms with Crippen LogP contribution in [0.25, 0.3) is 0 Å². The summed E-state index contributed by atoms with van der Waals surface area (Å²) in [5.41, 5.74) is 0.0396. The van der Waals surface area contributed by atoms with Crippen molar-refractivity contribution in [1.29, 1.82) is 0 Å². The second kappa shape index (κ2) is 7.09. The highest BCUT2D eigenvalue weighted by Gasteiger charge is 2.33. The lowest BCUT2D eigenvalue weighted by Gasteiger charge is -2.32. The number of pyridine rings is 1. The zero-order chi connectivity index (χ0) is 19.9. The summed E-state index contributed by atoms with van der Waals surface area (Å²) in [4.78, 5) is 12.6. The van der Waals surface area contributed by atoms with Crippen LogP contribution < -0.4 is 10.3 Å². The van der Waals surface area contributed by atoms with Crippen molar-refractivity contribution < 1.29 is 18.3 Å². The van der Waals surface area contributed by atoms with Crippen LogP contribution in [0.4, 0.5) is 0 Å². The Morgan fingerprint density at radius 2 is 1.79 bits per heavy atom. The van der Waals surface area contributed by atoms with E-state index < -0.39 is 22.0 Å². The second-order valence-corrected chi connectivity index (χ2v) is 8.82. The highest BCUT2D eigenvalue weighted by Crippen LogP contribution is 2.37. The maximum Gasteiger partial charge on any atom is 0.251 e. The van der Waals surface area contributed by atoms with E-state index in [0.717, 1.165) is 0 Å². The first-order valence-corrected chi connectivity index (χ1v) is 10.4. The van der Waals surface area contributed by atoms with E-state index in [1.54, 1.807) is 24.3 Å². The van der Waals surface area contributed by atoms with Gasteiger partial charge >= 0.3 is 0 Å².